The lowest BCUT2D eigenvalue weighted by Crippen LogP contribution is -2.29. The number of hydrogen-bond donors (Lipinski definition) is 2. The van der Waals surface area contributed by atoms with Crippen molar-refractivity contribution in [2.24, 2.45) is 5.73 Å². The summed E-state index contributed by atoms with van der Waals surface area (Å²) in [5.41, 5.74) is 5.35. The molecule has 0 aromatic carbocycles. The third-order valence-corrected chi connectivity index (χ3v) is 9.81. The maximum Gasteiger partial charge on any atom is 0.472 e. The number of phosphoric acid groups is 1. The second kappa shape index (κ2) is 42.1. The molecule has 0 amide bonds. The van der Waals surface area contributed by atoms with E-state index in [1.807, 2.05) is 0 Å². The Morgan fingerprint density at radius 3 is 1.46 bits per heavy atom. The van der Waals surface area contributed by atoms with Gasteiger partial charge in [0.25, 0.3) is 0 Å². The lowest BCUT2D eigenvalue weighted by Gasteiger charge is -2.19. The molecule has 0 aromatic rings. The smallest absolute Gasteiger partial charge is 0.462 e. The van der Waals surface area contributed by atoms with Crippen molar-refractivity contribution < 1.29 is 37.6 Å². The SMILES string of the molecule is CC/C=C\C/C=C\C/C=C\C/C=C\CCCCCCCCCCC(=O)OC(COC(=O)CCCCCCC/C=C\C/C=C\CCCC)COP(=O)(O)OCCN. The molecule has 0 fully saturated rings. The average molecular weight is 806 g/mol. The van der Waals surface area contributed by atoms with Crippen LogP contribution in [0.1, 0.15) is 174 Å². The highest BCUT2D eigenvalue weighted by atomic mass is 31.2. The van der Waals surface area contributed by atoms with Gasteiger partial charge in [0.2, 0.25) is 0 Å². The largest absolute Gasteiger partial charge is 0.472 e. The molecule has 0 aliphatic carbocycles. The van der Waals surface area contributed by atoms with Gasteiger partial charge in [0.15, 0.2) is 6.10 Å². The molecule has 2 atom stereocenters. The number of allylic oxidation sites excluding steroid dienone is 12. The zero-order valence-electron chi connectivity index (χ0n) is 35.3. The van der Waals surface area contributed by atoms with Crippen molar-refractivity contribution >= 4 is 19.8 Å². The van der Waals surface area contributed by atoms with Crippen LogP contribution in [0.15, 0.2) is 72.9 Å². The summed E-state index contributed by atoms with van der Waals surface area (Å²) in [7, 11) is -4.39. The van der Waals surface area contributed by atoms with Gasteiger partial charge in [-0.2, -0.15) is 0 Å². The molecular weight excluding hydrogens is 725 g/mol. The summed E-state index contributed by atoms with van der Waals surface area (Å²) in [4.78, 5) is 34.9. The van der Waals surface area contributed by atoms with Crippen LogP contribution in [0.3, 0.4) is 0 Å². The normalized spacial score (nSPS) is 14.0. The Labute approximate surface area is 341 Å². The minimum absolute atomic E-state index is 0.0464. The molecule has 3 N–H and O–H groups in total. The van der Waals surface area contributed by atoms with E-state index in [1.54, 1.807) is 0 Å². The number of esters is 2. The minimum Gasteiger partial charge on any atom is -0.462 e. The van der Waals surface area contributed by atoms with E-state index in [0.29, 0.717) is 12.8 Å². The molecule has 0 saturated carbocycles. The van der Waals surface area contributed by atoms with Gasteiger partial charge in [-0.3, -0.25) is 18.6 Å². The van der Waals surface area contributed by atoms with Gasteiger partial charge in [-0.25, -0.2) is 4.57 Å². The van der Waals surface area contributed by atoms with Crippen LogP contribution in [0.25, 0.3) is 0 Å². The van der Waals surface area contributed by atoms with Crippen molar-refractivity contribution in [2.75, 3.05) is 26.4 Å². The van der Waals surface area contributed by atoms with Gasteiger partial charge < -0.3 is 20.1 Å². The molecule has 56 heavy (non-hydrogen) atoms. The topological polar surface area (TPSA) is 134 Å². The molecule has 0 aliphatic rings. The van der Waals surface area contributed by atoms with Gasteiger partial charge in [0.05, 0.1) is 13.2 Å². The number of carbonyl (C=O) groups excluding carboxylic acids is 2. The van der Waals surface area contributed by atoms with Gasteiger partial charge in [-0.1, -0.05) is 157 Å². The number of ether oxygens (including phenoxy) is 2. The third-order valence-electron chi connectivity index (χ3n) is 8.83. The van der Waals surface area contributed by atoms with Crippen LogP contribution in [-0.2, 0) is 32.7 Å². The number of rotatable bonds is 40. The second-order valence-corrected chi connectivity index (χ2v) is 15.6. The van der Waals surface area contributed by atoms with E-state index in [1.165, 1.54) is 38.5 Å². The van der Waals surface area contributed by atoms with Gasteiger partial charge in [0, 0.05) is 19.4 Å². The van der Waals surface area contributed by atoms with Crippen molar-refractivity contribution in [1.82, 2.24) is 0 Å². The van der Waals surface area contributed by atoms with Crippen LogP contribution in [-0.4, -0.2) is 49.3 Å². The predicted molar refractivity (Wildman–Crippen MR) is 233 cm³/mol. The summed E-state index contributed by atoms with van der Waals surface area (Å²) < 4.78 is 32.8. The summed E-state index contributed by atoms with van der Waals surface area (Å²) in [5, 5.41) is 0. The number of unbranched alkanes of at least 4 members (excludes halogenated alkanes) is 15. The number of carbonyl (C=O) groups is 2. The molecule has 0 rings (SSSR count). The Hall–Kier alpha value is -2.55. The Balaban J connectivity index is 4.17. The summed E-state index contributed by atoms with van der Waals surface area (Å²) in [6.07, 6.45) is 50.7. The van der Waals surface area contributed by atoms with Crippen LogP contribution >= 0.6 is 7.82 Å². The lowest BCUT2D eigenvalue weighted by atomic mass is 10.1. The highest BCUT2D eigenvalue weighted by Crippen LogP contribution is 2.43. The van der Waals surface area contributed by atoms with Gasteiger partial charge in [0.1, 0.15) is 6.61 Å². The predicted octanol–water partition coefficient (Wildman–Crippen LogP) is 12.7. The van der Waals surface area contributed by atoms with E-state index >= 15 is 0 Å². The number of hydrogen-bond acceptors (Lipinski definition) is 8. The van der Waals surface area contributed by atoms with E-state index in [2.05, 4.69) is 86.8 Å². The first-order valence-corrected chi connectivity index (χ1v) is 23.4. The van der Waals surface area contributed by atoms with E-state index in [4.69, 9.17) is 24.3 Å². The van der Waals surface area contributed by atoms with Crippen LogP contribution in [0.2, 0.25) is 0 Å². The van der Waals surface area contributed by atoms with E-state index < -0.39 is 32.5 Å². The Morgan fingerprint density at radius 2 is 0.982 bits per heavy atom. The number of phosphoric ester groups is 1. The summed E-state index contributed by atoms with van der Waals surface area (Å²) in [5.74, 6) is -0.860. The first-order chi connectivity index (χ1) is 27.3. The van der Waals surface area contributed by atoms with E-state index in [9.17, 15) is 19.0 Å². The molecule has 322 valence electrons. The first-order valence-electron chi connectivity index (χ1n) is 21.9. The van der Waals surface area contributed by atoms with E-state index in [-0.39, 0.29) is 32.6 Å². The summed E-state index contributed by atoms with van der Waals surface area (Å²) in [6.45, 7) is 3.54. The third kappa shape index (κ3) is 41.1. The molecule has 0 saturated heterocycles. The van der Waals surface area contributed by atoms with Crippen LogP contribution in [0, 0.1) is 0 Å². The van der Waals surface area contributed by atoms with Gasteiger partial charge in [-0.15, -0.1) is 0 Å². The molecule has 2 unspecified atom stereocenters. The van der Waals surface area contributed by atoms with Crippen LogP contribution in [0.4, 0.5) is 0 Å². The van der Waals surface area contributed by atoms with Crippen LogP contribution < -0.4 is 5.73 Å². The lowest BCUT2D eigenvalue weighted by molar-refractivity contribution is -0.161. The standard InChI is InChI=1S/C46H80NO8P/c1-3-5-7-9-11-13-15-17-19-20-21-22-23-24-25-27-29-31-33-35-37-39-46(49)55-44(43-54-56(50,51)53-41-40-47)42-52-45(48)38-36-34-32-30-28-26-18-16-14-12-10-8-6-4-2/h5,7,10-13,16-19,21-22,44H,3-4,6,8-9,14-15,20,23-43,47H2,1-2H3,(H,50,51)/b7-5-,12-10-,13-11-,18-16-,19-17-,22-21-. The second-order valence-electron chi connectivity index (χ2n) is 14.2. The molecule has 9 nitrogen and oxygen atoms in total. The Morgan fingerprint density at radius 1 is 0.554 bits per heavy atom. The monoisotopic (exact) mass is 806 g/mol. The maximum atomic E-state index is 12.6. The quantitative estimate of drug-likeness (QED) is 0.0268. The first kappa shape index (κ1) is 53.5. The zero-order chi connectivity index (χ0) is 41.1. The van der Waals surface area contributed by atoms with Crippen molar-refractivity contribution in [1.29, 1.82) is 0 Å². The molecule has 0 spiro atoms. The molecule has 0 aromatic heterocycles. The van der Waals surface area contributed by atoms with Crippen molar-refractivity contribution in [2.45, 2.75) is 180 Å². The number of nitrogens with two attached hydrogens (primary N) is 1. The highest BCUT2D eigenvalue weighted by molar-refractivity contribution is 7.47. The molecular formula is C46H80NO8P. The highest BCUT2D eigenvalue weighted by Gasteiger charge is 2.26. The summed E-state index contributed by atoms with van der Waals surface area (Å²) >= 11 is 0. The maximum absolute atomic E-state index is 12.6. The molecule has 0 heterocycles. The average Bonchev–Trinajstić information content (AvgIpc) is 3.18. The molecule has 0 bridgehead atoms. The fraction of sp³-hybridized carbons (Fsp3) is 0.696. The van der Waals surface area contributed by atoms with Crippen molar-refractivity contribution in [3.8, 4) is 0 Å². The molecule has 0 aliphatic heterocycles. The fourth-order valence-electron chi connectivity index (χ4n) is 5.58. The van der Waals surface area contributed by atoms with Gasteiger partial charge in [-0.05, 0) is 77.0 Å². The Kier molecular flexibility index (Phi) is 40.2. The minimum atomic E-state index is -4.39. The van der Waals surface area contributed by atoms with Crippen molar-refractivity contribution in [3.05, 3.63) is 72.9 Å². The molecule has 0 radical (unpaired) electrons. The van der Waals surface area contributed by atoms with E-state index in [0.717, 1.165) is 96.3 Å². The zero-order valence-corrected chi connectivity index (χ0v) is 36.2. The van der Waals surface area contributed by atoms with Crippen LogP contribution in [0.5, 0.6) is 0 Å². The Bertz CT molecular complexity index is 1150. The van der Waals surface area contributed by atoms with Crippen molar-refractivity contribution in [3.63, 3.8) is 0 Å². The van der Waals surface area contributed by atoms with Gasteiger partial charge >= 0.3 is 19.8 Å². The summed E-state index contributed by atoms with van der Waals surface area (Å²) in [6, 6.07) is 0. The fourth-order valence-corrected chi connectivity index (χ4v) is 6.35. The molecule has 10 heteroatoms.